The van der Waals surface area contributed by atoms with E-state index < -0.39 is 0 Å². The first-order chi connectivity index (χ1) is 10.1. The molecule has 0 aliphatic heterocycles. The first-order valence-electron chi connectivity index (χ1n) is 7.93. The van der Waals surface area contributed by atoms with Crippen molar-refractivity contribution in [1.29, 1.82) is 0 Å². The Bertz CT molecular complexity index is 559. The molecule has 0 amide bonds. The predicted molar refractivity (Wildman–Crippen MR) is 91.8 cm³/mol. The number of aryl methyl sites for hydroxylation is 2. The van der Waals surface area contributed by atoms with Gasteiger partial charge in [0.25, 0.3) is 0 Å². The van der Waals surface area contributed by atoms with Crippen molar-refractivity contribution in [1.82, 2.24) is 5.32 Å². The van der Waals surface area contributed by atoms with Crippen molar-refractivity contribution in [2.75, 3.05) is 6.54 Å². The minimum atomic E-state index is 0.410. The van der Waals surface area contributed by atoms with E-state index >= 15 is 0 Å². The van der Waals surface area contributed by atoms with Gasteiger partial charge in [0.05, 0.1) is 0 Å². The van der Waals surface area contributed by atoms with Gasteiger partial charge in [0.1, 0.15) is 0 Å². The standard InChI is InChI=1S/C20H27N/c1-15-10-11-20(14-17(15)3)18(4)21-13-12-16(2)19-8-6-5-7-9-19/h5-11,14,16,18,21H,12-13H2,1-4H3. The molecule has 0 bridgehead atoms. The molecule has 0 spiro atoms. The summed E-state index contributed by atoms with van der Waals surface area (Å²) in [4.78, 5) is 0. The van der Waals surface area contributed by atoms with Crippen LogP contribution in [0, 0.1) is 13.8 Å². The van der Waals surface area contributed by atoms with E-state index in [0.29, 0.717) is 12.0 Å². The first-order valence-corrected chi connectivity index (χ1v) is 7.93. The minimum Gasteiger partial charge on any atom is -0.310 e. The molecule has 0 radical (unpaired) electrons. The molecule has 0 saturated heterocycles. The van der Waals surface area contributed by atoms with E-state index in [1.54, 1.807) is 0 Å². The SMILES string of the molecule is Cc1ccc(C(C)NCCC(C)c2ccccc2)cc1C. The van der Waals surface area contributed by atoms with Gasteiger partial charge in [-0.2, -0.15) is 0 Å². The second kappa shape index (κ2) is 7.42. The molecule has 2 aromatic carbocycles. The Morgan fingerprint density at radius 1 is 0.857 bits per heavy atom. The Morgan fingerprint density at radius 2 is 1.57 bits per heavy atom. The summed E-state index contributed by atoms with van der Waals surface area (Å²) >= 11 is 0. The van der Waals surface area contributed by atoms with Gasteiger partial charge in [0, 0.05) is 6.04 Å². The zero-order chi connectivity index (χ0) is 15.2. The molecule has 0 fully saturated rings. The first kappa shape index (κ1) is 15.8. The van der Waals surface area contributed by atoms with Crippen molar-refractivity contribution in [2.24, 2.45) is 0 Å². The topological polar surface area (TPSA) is 12.0 Å². The summed E-state index contributed by atoms with van der Waals surface area (Å²) in [6, 6.07) is 17.9. The molecule has 1 N–H and O–H groups in total. The third-order valence-electron chi connectivity index (χ3n) is 4.43. The molecule has 0 saturated carbocycles. The molecule has 1 nitrogen and oxygen atoms in total. The van der Waals surface area contributed by atoms with Gasteiger partial charge in [-0.25, -0.2) is 0 Å². The van der Waals surface area contributed by atoms with Crippen LogP contribution in [0.5, 0.6) is 0 Å². The lowest BCUT2D eigenvalue weighted by molar-refractivity contribution is 0.531. The number of hydrogen-bond acceptors (Lipinski definition) is 1. The van der Waals surface area contributed by atoms with Crippen molar-refractivity contribution in [3.8, 4) is 0 Å². The molecule has 0 aliphatic rings. The molecular formula is C20H27N. The van der Waals surface area contributed by atoms with Crippen molar-refractivity contribution in [2.45, 2.75) is 46.1 Å². The van der Waals surface area contributed by atoms with E-state index in [4.69, 9.17) is 0 Å². The minimum absolute atomic E-state index is 0.410. The van der Waals surface area contributed by atoms with Crippen LogP contribution in [-0.2, 0) is 0 Å². The van der Waals surface area contributed by atoms with Crippen LogP contribution in [0.15, 0.2) is 48.5 Å². The fraction of sp³-hybridized carbons (Fsp3) is 0.400. The van der Waals surface area contributed by atoms with Crippen LogP contribution in [0.4, 0.5) is 0 Å². The zero-order valence-corrected chi connectivity index (χ0v) is 13.7. The fourth-order valence-corrected chi connectivity index (χ4v) is 2.62. The molecule has 0 aliphatic carbocycles. The van der Waals surface area contributed by atoms with Crippen LogP contribution >= 0.6 is 0 Å². The largest absolute Gasteiger partial charge is 0.310 e. The molecule has 0 aromatic heterocycles. The van der Waals surface area contributed by atoms with E-state index in [-0.39, 0.29) is 0 Å². The van der Waals surface area contributed by atoms with E-state index in [2.05, 4.69) is 81.5 Å². The highest BCUT2D eigenvalue weighted by atomic mass is 14.9. The highest BCUT2D eigenvalue weighted by Crippen LogP contribution is 2.20. The van der Waals surface area contributed by atoms with Crippen LogP contribution < -0.4 is 5.32 Å². The third kappa shape index (κ3) is 4.44. The smallest absolute Gasteiger partial charge is 0.0291 e. The van der Waals surface area contributed by atoms with E-state index in [9.17, 15) is 0 Å². The Morgan fingerprint density at radius 3 is 2.24 bits per heavy atom. The van der Waals surface area contributed by atoms with Crippen molar-refractivity contribution in [3.63, 3.8) is 0 Å². The maximum Gasteiger partial charge on any atom is 0.0291 e. The summed E-state index contributed by atoms with van der Waals surface area (Å²) in [5.74, 6) is 0.602. The zero-order valence-electron chi connectivity index (χ0n) is 13.7. The number of benzene rings is 2. The highest BCUT2D eigenvalue weighted by Gasteiger charge is 2.08. The molecule has 112 valence electrons. The Kier molecular flexibility index (Phi) is 5.58. The Labute approximate surface area is 129 Å². The number of rotatable bonds is 6. The Hall–Kier alpha value is -1.60. The predicted octanol–water partition coefficient (Wildman–Crippen LogP) is 5.15. The maximum absolute atomic E-state index is 3.65. The molecule has 2 rings (SSSR count). The normalized spacial score (nSPS) is 13.9. The molecule has 1 heteroatoms. The average Bonchev–Trinajstić information content (AvgIpc) is 2.50. The lowest BCUT2D eigenvalue weighted by Gasteiger charge is -2.18. The summed E-state index contributed by atoms with van der Waals surface area (Å²) < 4.78 is 0. The lowest BCUT2D eigenvalue weighted by Crippen LogP contribution is -2.21. The second-order valence-corrected chi connectivity index (χ2v) is 6.12. The molecule has 0 heterocycles. The molecule has 2 unspecified atom stereocenters. The van der Waals surface area contributed by atoms with Crippen molar-refractivity contribution < 1.29 is 0 Å². The van der Waals surface area contributed by atoms with E-state index in [1.807, 2.05) is 0 Å². The summed E-state index contributed by atoms with van der Waals surface area (Å²) in [5.41, 5.74) is 5.55. The molecule has 21 heavy (non-hydrogen) atoms. The van der Waals surface area contributed by atoms with Gasteiger partial charge in [-0.3, -0.25) is 0 Å². The number of hydrogen-bond donors (Lipinski definition) is 1. The van der Waals surface area contributed by atoms with Crippen LogP contribution in [0.1, 0.15) is 54.5 Å². The Balaban J connectivity index is 1.84. The average molecular weight is 281 g/mol. The highest BCUT2D eigenvalue weighted by molar-refractivity contribution is 5.31. The number of nitrogens with one attached hydrogen (secondary N) is 1. The quantitative estimate of drug-likeness (QED) is 0.772. The van der Waals surface area contributed by atoms with Gasteiger partial charge in [-0.05, 0) is 61.9 Å². The molecular weight excluding hydrogens is 254 g/mol. The summed E-state index contributed by atoms with van der Waals surface area (Å²) in [7, 11) is 0. The summed E-state index contributed by atoms with van der Waals surface area (Å²) in [6.07, 6.45) is 1.17. The van der Waals surface area contributed by atoms with Crippen LogP contribution in [0.25, 0.3) is 0 Å². The van der Waals surface area contributed by atoms with Crippen molar-refractivity contribution in [3.05, 3.63) is 70.8 Å². The fourth-order valence-electron chi connectivity index (χ4n) is 2.62. The summed E-state index contributed by atoms with van der Waals surface area (Å²) in [5, 5.41) is 3.65. The van der Waals surface area contributed by atoms with E-state index in [1.165, 1.54) is 28.7 Å². The molecule has 2 atom stereocenters. The van der Waals surface area contributed by atoms with Gasteiger partial charge in [-0.1, -0.05) is 55.5 Å². The van der Waals surface area contributed by atoms with Crippen LogP contribution in [-0.4, -0.2) is 6.54 Å². The third-order valence-corrected chi connectivity index (χ3v) is 4.43. The molecule has 2 aromatic rings. The maximum atomic E-state index is 3.65. The van der Waals surface area contributed by atoms with Crippen molar-refractivity contribution >= 4 is 0 Å². The van der Waals surface area contributed by atoms with Gasteiger partial charge in [-0.15, -0.1) is 0 Å². The van der Waals surface area contributed by atoms with Gasteiger partial charge >= 0.3 is 0 Å². The lowest BCUT2D eigenvalue weighted by atomic mass is 9.97. The van der Waals surface area contributed by atoms with Gasteiger partial charge < -0.3 is 5.32 Å². The van der Waals surface area contributed by atoms with Crippen LogP contribution in [0.2, 0.25) is 0 Å². The second-order valence-electron chi connectivity index (χ2n) is 6.12. The van der Waals surface area contributed by atoms with Gasteiger partial charge in [0.15, 0.2) is 0 Å². The van der Waals surface area contributed by atoms with Gasteiger partial charge in [0.2, 0.25) is 0 Å². The monoisotopic (exact) mass is 281 g/mol. The van der Waals surface area contributed by atoms with Crippen LogP contribution in [0.3, 0.4) is 0 Å². The summed E-state index contributed by atoms with van der Waals surface area (Å²) in [6.45, 7) is 9.95. The van der Waals surface area contributed by atoms with E-state index in [0.717, 1.165) is 6.54 Å².